The quantitative estimate of drug-likeness (QED) is 0.832. The molecule has 0 saturated carbocycles. The van der Waals surface area contributed by atoms with Crippen LogP contribution in [-0.4, -0.2) is 47.8 Å². The highest BCUT2D eigenvalue weighted by Crippen LogP contribution is 2.31. The van der Waals surface area contributed by atoms with Crippen molar-refractivity contribution >= 4 is 11.6 Å². The van der Waals surface area contributed by atoms with Gasteiger partial charge in [0.05, 0.1) is 6.54 Å². The number of rotatable bonds is 4. The molecule has 128 valence electrons. The lowest BCUT2D eigenvalue weighted by Gasteiger charge is -2.34. The minimum atomic E-state index is -4.60. The fourth-order valence-electron chi connectivity index (χ4n) is 2.63. The molecule has 1 aliphatic rings. The lowest BCUT2D eigenvalue weighted by molar-refractivity contribution is -0.223. The third-order valence-corrected chi connectivity index (χ3v) is 3.91. The minimum absolute atomic E-state index is 0.0478. The van der Waals surface area contributed by atoms with Crippen LogP contribution in [0.15, 0.2) is 24.3 Å². The van der Waals surface area contributed by atoms with E-state index >= 15 is 0 Å². The van der Waals surface area contributed by atoms with Crippen LogP contribution < -0.4 is 5.32 Å². The summed E-state index contributed by atoms with van der Waals surface area (Å²) in [7, 11) is 0. The average molecular weight is 334 g/mol. The SMILES string of the molecule is O=C(CN1CCC(C(O)C(F)(F)F)CC1)Nc1ccc(F)cc1. The van der Waals surface area contributed by atoms with E-state index in [2.05, 4.69) is 5.32 Å². The molecule has 1 heterocycles. The molecule has 0 bridgehead atoms. The second-order valence-corrected chi connectivity index (χ2v) is 5.66. The monoisotopic (exact) mass is 334 g/mol. The van der Waals surface area contributed by atoms with Crippen molar-refractivity contribution in [1.29, 1.82) is 0 Å². The first-order valence-electron chi connectivity index (χ1n) is 7.28. The predicted molar refractivity (Wildman–Crippen MR) is 76.3 cm³/mol. The molecule has 0 aliphatic carbocycles. The summed E-state index contributed by atoms with van der Waals surface area (Å²) in [5.74, 6) is -1.55. The summed E-state index contributed by atoms with van der Waals surface area (Å²) in [4.78, 5) is 13.6. The molecule has 1 aromatic rings. The van der Waals surface area contributed by atoms with E-state index in [0.717, 1.165) is 0 Å². The topological polar surface area (TPSA) is 52.6 Å². The second-order valence-electron chi connectivity index (χ2n) is 5.66. The van der Waals surface area contributed by atoms with E-state index in [4.69, 9.17) is 0 Å². The van der Waals surface area contributed by atoms with Crippen LogP contribution in [0.25, 0.3) is 0 Å². The van der Waals surface area contributed by atoms with Crippen molar-refractivity contribution in [2.75, 3.05) is 25.0 Å². The Balaban J connectivity index is 1.77. The Morgan fingerprint density at radius 3 is 2.35 bits per heavy atom. The zero-order chi connectivity index (χ0) is 17.0. The molecular weight excluding hydrogens is 316 g/mol. The van der Waals surface area contributed by atoms with Crippen molar-refractivity contribution in [3.8, 4) is 0 Å². The van der Waals surface area contributed by atoms with E-state index in [9.17, 15) is 27.5 Å². The fourth-order valence-corrected chi connectivity index (χ4v) is 2.63. The first-order valence-corrected chi connectivity index (χ1v) is 7.28. The molecule has 1 fully saturated rings. The largest absolute Gasteiger partial charge is 0.414 e. The van der Waals surface area contributed by atoms with Crippen molar-refractivity contribution in [3.63, 3.8) is 0 Å². The number of piperidine rings is 1. The zero-order valence-electron chi connectivity index (χ0n) is 12.3. The van der Waals surface area contributed by atoms with Crippen LogP contribution >= 0.6 is 0 Å². The minimum Gasteiger partial charge on any atom is -0.383 e. The fraction of sp³-hybridized carbons (Fsp3) is 0.533. The Bertz CT molecular complexity index is 525. The van der Waals surface area contributed by atoms with Gasteiger partial charge < -0.3 is 10.4 Å². The number of hydrogen-bond acceptors (Lipinski definition) is 3. The number of amides is 1. The smallest absolute Gasteiger partial charge is 0.383 e. The number of likely N-dealkylation sites (tertiary alicyclic amines) is 1. The molecule has 1 saturated heterocycles. The van der Waals surface area contributed by atoms with Crippen molar-refractivity contribution in [2.24, 2.45) is 5.92 Å². The van der Waals surface area contributed by atoms with E-state index in [0.29, 0.717) is 18.8 Å². The number of carbonyl (C=O) groups is 1. The molecule has 1 amide bonds. The molecule has 0 radical (unpaired) electrons. The summed E-state index contributed by atoms with van der Waals surface area (Å²) in [6.07, 6.45) is -6.54. The van der Waals surface area contributed by atoms with E-state index in [1.165, 1.54) is 24.3 Å². The van der Waals surface area contributed by atoms with Gasteiger partial charge in [-0.15, -0.1) is 0 Å². The highest BCUT2D eigenvalue weighted by atomic mass is 19.4. The third-order valence-electron chi connectivity index (χ3n) is 3.91. The first-order chi connectivity index (χ1) is 10.8. The highest BCUT2D eigenvalue weighted by molar-refractivity contribution is 5.92. The average Bonchev–Trinajstić information content (AvgIpc) is 2.49. The number of anilines is 1. The Kier molecular flexibility index (Phi) is 5.59. The number of hydrogen-bond donors (Lipinski definition) is 2. The van der Waals surface area contributed by atoms with Gasteiger partial charge in [-0.1, -0.05) is 0 Å². The van der Waals surface area contributed by atoms with E-state index < -0.39 is 24.0 Å². The van der Waals surface area contributed by atoms with Gasteiger partial charge in [-0.05, 0) is 56.1 Å². The maximum Gasteiger partial charge on any atom is 0.414 e. The summed E-state index contributed by atoms with van der Waals surface area (Å²) < 4.78 is 50.1. The van der Waals surface area contributed by atoms with Gasteiger partial charge in [0.25, 0.3) is 0 Å². The molecule has 8 heteroatoms. The second kappa shape index (κ2) is 7.27. The number of aliphatic hydroxyl groups is 1. The van der Waals surface area contributed by atoms with Crippen LogP contribution in [0.2, 0.25) is 0 Å². The number of halogens is 4. The van der Waals surface area contributed by atoms with Crippen molar-refractivity contribution in [3.05, 3.63) is 30.1 Å². The Hall–Kier alpha value is -1.67. The van der Waals surface area contributed by atoms with E-state index in [1.807, 2.05) is 0 Å². The van der Waals surface area contributed by atoms with Crippen molar-refractivity contribution < 1.29 is 27.5 Å². The number of alkyl halides is 3. The number of benzene rings is 1. The summed E-state index contributed by atoms with van der Waals surface area (Å²) in [5, 5.41) is 11.8. The molecule has 1 atom stereocenters. The molecule has 23 heavy (non-hydrogen) atoms. The Morgan fingerprint density at radius 1 is 1.26 bits per heavy atom. The maximum atomic E-state index is 12.8. The Labute approximate surface area is 131 Å². The number of nitrogens with one attached hydrogen (secondary N) is 1. The molecule has 0 spiro atoms. The lowest BCUT2D eigenvalue weighted by Crippen LogP contribution is -2.45. The van der Waals surface area contributed by atoms with E-state index in [1.54, 1.807) is 4.90 Å². The predicted octanol–water partition coefficient (Wildman–Crippen LogP) is 2.40. The molecule has 2 N–H and O–H groups in total. The van der Waals surface area contributed by atoms with Gasteiger partial charge in [0.15, 0.2) is 6.10 Å². The van der Waals surface area contributed by atoms with Gasteiger partial charge in [0, 0.05) is 5.69 Å². The highest BCUT2D eigenvalue weighted by Gasteiger charge is 2.44. The van der Waals surface area contributed by atoms with E-state index in [-0.39, 0.29) is 25.3 Å². The van der Waals surface area contributed by atoms with Gasteiger partial charge in [-0.2, -0.15) is 13.2 Å². The molecular formula is C15H18F4N2O2. The summed E-state index contributed by atoms with van der Waals surface area (Å²) in [6, 6.07) is 5.30. The normalized spacial score (nSPS) is 18.7. The molecule has 1 aliphatic heterocycles. The Morgan fingerprint density at radius 2 is 1.83 bits per heavy atom. The summed E-state index contributed by atoms with van der Waals surface area (Å²) >= 11 is 0. The third kappa shape index (κ3) is 5.18. The summed E-state index contributed by atoms with van der Waals surface area (Å²) in [6.45, 7) is 0.676. The molecule has 1 aromatic carbocycles. The standard InChI is InChI=1S/C15H18F4N2O2/c16-11-1-3-12(4-2-11)20-13(22)9-21-7-5-10(6-8-21)14(23)15(17,18)19/h1-4,10,14,23H,5-9H2,(H,20,22). The molecule has 4 nitrogen and oxygen atoms in total. The number of nitrogens with zero attached hydrogens (tertiary/aromatic N) is 1. The van der Waals surface area contributed by atoms with Crippen molar-refractivity contribution in [2.45, 2.75) is 25.1 Å². The number of aliphatic hydroxyl groups excluding tert-OH is 1. The maximum absolute atomic E-state index is 12.8. The molecule has 0 aromatic heterocycles. The molecule has 2 rings (SSSR count). The molecule has 1 unspecified atom stereocenters. The first kappa shape index (κ1) is 17.7. The van der Waals surface area contributed by atoms with Crippen LogP contribution in [0.3, 0.4) is 0 Å². The van der Waals surface area contributed by atoms with Gasteiger partial charge >= 0.3 is 6.18 Å². The number of carbonyl (C=O) groups excluding carboxylic acids is 1. The van der Waals surface area contributed by atoms with Crippen LogP contribution in [-0.2, 0) is 4.79 Å². The van der Waals surface area contributed by atoms with Crippen LogP contribution in [0.1, 0.15) is 12.8 Å². The van der Waals surface area contributed by atoms with Gasteiger partial charge in [0.1, 0.15) is 5.82 Å². The van der Waals surface area contributed by atoms with Crippen LogP contribution in [0, 0.1) is 11.7 Å². The van der Waals surface area contributed by atoms with Crippen molar-refractivity contribution in [1.82, 2.24) is 4.90 Å². The van der Waals surface area contributed by atoms with Crippen LogP contribution in [0.4, 0.5) is 23.2 Å². The van der Waals surface area contributed by atoms with Gasteiger partial charge in [-0.25, -0.2) is 4.39 Å². The zero-order valence-corrected chi connectivity index (χ0v) is 12.3. The lowest BCUT2D eigenvalue weighted by atomic mass is 9.91. The van der Waals surface area contributed by atoms with Crippen LogP contribution in [0.5, 0.6) is 0 Å². The van der Waals surface area contributed by atoms with Gasteiger partial charge in [0.2, 0.25) is 5.91 Å². The summed E-state index contributed by atoms with van der Waals surface area (Å²) in [5.41, 5.74) is 0.457. The van der Waals surface area contributed by atoms with Gasteiger partial charge in [-0.3, -0.25) is 9.69 Å².